The normalized spacial score (nSPS) is 18.6. The summed E-state index contributed by atoms with van der Waals surface area (Å²) in [4.78, 5) is 11.3. The number of hydrogen-bond donors (Lipinski definition) is 1. The molecule has 2 rings (SSSR count). The Morgan fingerprint density at radius 2 is 2.00 bits per heavy atom. The molecule has 1 aliphatic heterocycles. The predicted molar refractivity (Wildman–Crippen MR) is 56.8 cm³/mol. The maximum absolute atomic E-state index is 11.3. The molecule has 0 saturated carbocycles. The molecule has 1 aliphatic rings. The Labute approximate surface area is 83.6 Å². The van der Waals surface area contributed by atoms with Crippen LogP contribution in [-0.4, -0.2) is 12.5 Å². The summed E-state index contributed by atoms with van der Waals surface area (Å²) in [7, 11) is 0. The van der Waals surface area contributed by atoms with E-state index >= 15 is 0 Å². The summed E-state index contributed by atoms with van der Waals surface area (Å²) in [5.41, 5.74) is 3.22. The van der Waals surface area contributed by atoms with Crippen molar-refractivity contribution in [2.45, 2.75) is 13.3 Å². The summed E-state index contributed by atoms with van der Waals surface area (Å²) < 4.78 is 0. The fraction of sp³-hybridized carbons (Fsp3) is 0.250. The summed E-state index contributed by atoms with van der Waals surface area (Å²) >= 11 is 0. The summed E-state index contributed by atoms with van der Waals surface area (Å²) in [6.45, 7) is 2.83. The lowest BCUT2D eigenvalue weighted by Gasteiger charge is -1.96. The Morgan fingerprint density at radius 3 is 2.57 bits per heavy atom. The van der Waals surface area contributed by atoms with Gasteiger partial charge in [-0.05, 0) is 25.0 Å². The Kier molecular flexibility index (Phi) is 2.35. The van der Waals surface area contributed by atoms with Crippen LogP contribution in [0.2, 0.25) is 0 Å². The minimum Gasteiger partial charge on any atom is -0.352 e. The van der Waals surface area contributed by atoms with E-state index in [9.17, 15) is 4.79 Å². The van der Waals surface area contributed by atoms with Gasteiger partial charge in [0.25, 0.3) is 0 Å². The molecule has 0 spiro atoms. The molecule has 1 N–H and O–H groups in total. The molecule has 1 aromatic rings. The van der Waals surface area contributed by atoms with E-state index < -0.39 is 0 Å². The largest absolute Gasteiger partial charge is 0.352 e. The first-order chi connectivity index (χ1) is 6.75. The number of nitrogens with one attached hydrogen (secondary N) is 1. The summed E-state index contributed by atoms with van der Waals surface area (Å²) in [6, 6.07) is 8.18. The maximum atomic E-state index is 11.3. The lowest BCUT2D eigenvalue weighted by molar-refractivity contribution is -0.116. The standard InChI is InChI=1S/C12H13NO/c1-9-2-4-10(5-3-9)8-11-6-7-13-12(11)14/h2-5,8H,6-7H2,1H3,(H,13,14)/b11-8-. The molecule has 0 aliphatic carbocycles. The van der Waals surface area contributed by atoms with Gasteiger partial charge in [0.05, 0.1) is 0 Å². The third-order valence-corrected chi connectivity index (χ3v) is 2.39. The molecular formula is C12H13NO. The first kappa shape index (κ1) is 9.00. The summed E-state index contributed by atoms with van der Waals surface area (Å²) in [5.74, 6) is 0.0746. The summed E-state index contributed by atoms with van der Waals surface area (Å²) in [5, 5.41) is 2.79. The minimum atomic E-state index is 0.0746. The van der Waals surface area contributed by atoms with Crippen LogP contribution in [0.5, 0.6) is 0 Å². The second kappa shape index (κ2) is 3.66. The number of amides is 1. The van der Waals surface area contributed by atoms with Crippen LogP contribution in [0.1, 0.15) is 17.5 Å². The van der Waals surface area contributed by atoms with Crippen molar-refractivity contribution in [1.82, 2.24) is 5.32 Å². The zero-order valence-corrected chi connectivity index (χ0v) is 8.21. The molecule has 1 fully saturated rings. The van der Waals surface area contributed by atoms with Crippen LogP contribution in [0.3, 0.4) is 0 Å². The van der Waals surface area contributed by atoms with E-state index in [1.165, 1.54) is 5.56 Å². The highest BCUT2D eigenvalue weighted by molar-refractivity contribution is 5.99. The van der Waals surface area contributed by atoms with E-state index in [1.54, 1.807) is 0 Å². The van der Waals surface area contributed by atoms with Crippen molar-refractivity contribution < 1.29 is 4.79 Å². The number of hydrogen-bond acceptors (Lipinski definition) is 1. The van der Waals surface area contributed by atoms with Crippen molar-refractivity contribution >= 4 is 12.0 Å². The summed E-state index contributed by atoms with van der Waals surface area (Å²) in [6.07, 6.45) is 2.80. The van der Waals surface area contributed by atoms with Gasteiger partial charge in [-0.1, -0.05) is 29.8 Å². The molecule has 2 nitrogen and oxygen atoms in total. The third kappa shape index (κ3) is 1.84. The van der Waals surface area contributed by atoms with Crippen LogP contribution >= 0.6 is 0 Å². The Morgan fingerprint density at radius 1 is 1.29 bits per heavy atom. The van der Waals surface area contributed by atoms with Crippen molar-refractivity contribution in [2.75, 3.05) is 6.54 Å². The van der Waals surface area contributed by atoms with E-state index in [1.807, 2.05) is 18.2 Å². The van der Waals surface area contributed by atoms with Crippen molar-refractivity contribution in [3.05, 3.63) is 41.0 Å². The van der Waals surface area contributed by atoms with Crippen LogP contribution in [0.25, 0.3) is 6.08 Å². The van der Waals surface area contributed by atoms with Gasteiger partial charge in [0.15, 0.2) is 0 Å². The molecule has 0 atom stereocenters. The van der Waals surface area contributed by atoms with Gasteiger partial charge in [-0.2, -0.15) is 0 Å². The topological polar surface area (TPSA) is 29.1 Å². The number of carbonyl (C=O) groups excluding carboxylic acids is 1. The zero-order valence-electron chi connectivity index (χ0n) is 8.21. The quantitative estimate of drug-likeness (QED) is 0.668. The van der Waals surface area contributed by atoms with Gasteiger partial charge < -0.3 is 5.32 Å². The van der Waals surface area contributed by atoms with E-state index in [0.29, 0.717) is 0 Å². The number of aryl methyl sites for hydroxylation is 1. The molecule has 14 heavy (non-hydrogen) atoms. The molecule has 2 heteroatoms. The molecular weight excluding hydrogens is 174 g/mol. The van der Waals surface area contributed by atoms with Gasteiger partial charge >= 0.3 is 0 Å². The number of carbonyl (C=O) groups is 1. The Bertz CT molecular complexity index is 376. The highest BCUT2D eigenvalue weighted by Gasteiger charge is 2.15. The molecule has 1 amide bonds. The average Bonchev–Trinajstić information content (AvgIpc) is 2.56. The second-order valence-electron chi connectivity index (χ2n) is 3.59. The van der Waals surface area contributed by atoms with Gasteiger partial charge in [-0.15, -0.1) is 0 Å². The van der Waals surface area contributed by atoms with Crippen LogP contribution in [0.15, 0.2) is 29.8 Å². The van der Waals surface area contributed by atoms with Crippen molar-refractivity contribution in [1.29, 1.82) is 0 Å². The van der Waals surface area contributed by atoms with E-state index in [4.69, 9.17) is 0 Å². The molecule has 0 unspecified atom stereocenters. The van der Waals surface area contributed by atoms with E-state index in [-0.39, 0.29) is 5.91 Å². The minimum absolute atomic E-state index is 0.0746. The Balaban J connectivity index is 2.24. The molecule has 72 valence electrons. The van der Waals surface area contributed by atoms with Crippen LogP contribution in [-0.2, 0) is 4.79 Å². The molecule has 0 radical (unpaired) electrons. The molecule has 1 aromatic carbocycles. The van der Waals surface area contributed by atoms with Crippen molar-refractivity contribution in [3.63, 3.8) is 0 Å². The monoisotopic (exact) mass is 187 g/mol. The van der Waals surface area contributed by atoms with E-state index in [0.717, 1.165) is 24.1 Å². The lowest BCUT2D eigenvalue weighted by Crippen LogP contribution is -2.13. The van der Waals surface area contributed by atoms with Gasteiger partial charge in [0.1, 0.15) is 0 Å². The SMILES string of the molecule is Cc1ccc(/C=C2/CCNC2=O)cc1. The number of rotatable bonds is 1. The Hall–Kier alpha value is -1.57. The van der Waals surface area contributed by atoms with Crippen molar-refractivity contribution in [2.24, 2.45) is 0 Å². The first-order valence-electron chi connectivity index (χ1n) is 4.81. The highest BCUT2D eigenvalue weighted by atomic mass is 16.1. The van der Waals surface area contributed by atoms with Gasteiger partial charge in [0.2, 0.25) is 5.91 Å². The predicted octanol–water partition coefficient (Wildman–Crippen LogP) is 1.90. The van der Waals surface area contributed by atoms with Crippen molar-refractivity contribution in [3.8, 4) is 0 Å². The fourth-order valence-electron chi connectivity index (χ4n) is 1.54. The number of benzene rings is 1. The molecule has 1 saturated heterocycles. The molecule has 0 bridgehead atoms. The second-order valence-corrected chi connectivity index (χ2v) is 3.59. The van der Waals surface area contributed by atoms with Gasteiger partial charge in [0, 0.05) is 12.1 Å². The van der Waals surface area contributed by atoms with Gasteiger partial charge in [-0.3, -0.25) is 4.79 Å². The fourth-order valence-corrected chi connectivity index (χ4v) is 1.54. The zero-order chi connectivity index (χ0) is 9.97. The lowest BCUT2D eigenvalue weighted by atomic mass is 10.1. The van der Waals surface area contributed by atoms with Crippen LogP contribution in [0, 0.1) is 6.92 Å². The molecule has 0 aromatic heterocycles. The average molecular weight is 187 g/mol. The van der Waals surface area contributed by atoms with Crippen LogP contribution < -0.4 is 5.32 Å². The first-order valence-corrected chi connectivity index (χ1v) is 4.81. The third-order valence-electron chi connectivity index (χ3n) is 2.39. The molecule has 1 heterocycles. The maximum Gasteiger partial charge on any atom is 0.247 e. The van der Waals surface area contributed by atoms with Gasteiger partial charge in [-0.25, -0.2) is 0 Å². The highest BCUT2D eigenvalue weighted by Crippen LogP contribution is 2.14. The van der Waals surface area contributed by atoms with E-state index in [2.05, 4.69) is 24.4 Å². The van der Waals surface area contributed by atoms with Crippen LogP contribution in [0.4, 0.5) is 0 Å². The smallest absolute Gasteiger partial charge is 0.247 e.